The molecule has 0 saturated carbocycles. The molecule has 3 amide bonds. The number of amides is 3. The monoisotopic (exact) mass is 663 g/mol. The Labute approximate surface area is 282 Å². The van der Waals surface area contributed by atoms with Gasteiger partial charge in [0.25, 0.3) is 5.91 Å². The summed E-state index contributed by atoms with van der Waals surface area (Å²) in [6.07, 6.45) is 4.63. The highest BCUT2D eigenvalue weighted by Crippen LogP contribution is 2.69. The van der Waals surface area contributed by atoms with Gasteiger partial charge in [-0.25, -0.2) is 0 Å². The number of nitrogens with zero attached hydrogens (tertiary/aromatic N) is 3. The molecule has 3 saturated heterocycles. The minimum Gasteiger partial charge on any atom is -0.394 e. The number of carbonyl (C=O) groups excluding carboxylic acids is 3. The van der Waals surface area contributed by atoms with Gasteiger partial charge in [-0.15, -0.1) is 24.9 Å². The number of aliphatic hydroxyl groups excluding tert-OH is 1. The minimum absolute atomic E-state index is 0.0160. The zero-order chi connectivity index (χ0) is 33.3. The van der Waals surface area contributed by atoms with E-state index in [0.717, 1.165) is 17.5 Å². The lowest BCUT2D eigenvalue weighted by Crippen LogP contribution is -2.59. The summed E-state index contributed by atoms with van der Waals surface area (Å²) in [5.41, 5.74) is 2.42. The highest BCUT2D eigenvalue weighted by atomic mass is 35.5. The van der Waals surface area contributed by atoms with Gasteiger partial charge in [-0.3, -0.25) is 14.4 Å². The molecule has 1 N–H and O–H groups in total. The second-order valence-electron chi connectivity index (χ2n) is 13.4. The summed E-state index contributed by atoms with van der Waals surface area (Å²) in [5.74, 6) is -1.70. The van der Waals surface area contributed by atoms with Crippen LogP contribution in [0.25, 0.3) is 0 Å². The number of hydrogen-bond acceptors (Lipinski definition) is 5. The Morgan fingerprint density at radius 3 is 2.41 bits per heavy atom. The first-order valence-corrected chi connectivity index (χ1v) is 17.5. The van der Waals surface area contributed by atoms with Crippen molar-refractivity contribution in [3.63, 3.8) is 0 Å². The van der Waals surface area contributed by atoms with Crippen LogP contribution in [0.1, 0.15) is 44.7 Å². The molecule has 1 spiro atoms. The van der Waals surface area contributed by atoms with E-state index >= 15 is 4.79 Å². The van der Waals surface area contributed by atoms with Crippen molar-refractivity contribution in [1.82, 2.24) is 9.80 Å². The van der Waals surface area contributed by atoms with Gasteiger partial charge in [0.1, 0.15) is 6.04 Å². The average molecular weight is 664 g/mol. The summed E-state index contributed by atoms with van der Waals surface area (Å²) in [5, 5.41) is 11.1. The summed E-state index contributed by atoms with van der Waals surface area (Å²) in [6.45, 7) is 16.6. The first-order chi connectivity index (χ1) is 22.0. The highest BCUT2D eigenvalue weighted by Gasteiger charge is 2.77. The van der Waals surface area contributed by atoms with E-state index in [-0.39, 0.29) is 48.0 Å². The molecule has 3 fully saturated rings. The maximum Gasteiger partial charge on any atom is 0.251 e. The lowest BCUT2D eigenvalue weighted by atomic mass is 9.65. The van der Waals surface area contributed by atoms with Crippen molar-refractivity contribution in [3.05, 3.63) is 90.0 Å². The van der Waals surface area contributed by atoms with Crippen molar-refractivity contribution >= 4 is 46.8 Å². The van der Waals surface area contributed by atoms with Crippen LogP contribution in [0.4, 0.5) is 5.69 Å². The molecule has 2 aromatic rings. The molecule has 0 radical (unpaired) electrons. The molecule has 2 aromatic carbocycles. The maximum atomic E-state index is 15.1. The van der Waals surface area contributed by atoms with Crippen LogP contribution in [0.5, 0.6) is 0 Å². The number of hydrogen-bond donors (Lipinski definition) is 1. The molecule has 7 atom stereocenters. The first-order valence-electron chi connectivity index (χ1n) is 16.2. The Hall–Kier alpha value is -3.07. The SMILES string of the molecule is C=CCN(Cc1ccccc1)C(=O)[C@@H]1[C@@H]2CC(C)C3(S2)C(C(=O)N(CC=C)c2c(C)cccc2Cl)N([C@@H](CO)CC(C)C)C(=O)[C@H]13. The van der Waals surface area contributed by atoms with E-state index in [0.29, 0.717) is 30.2 Å². The molecule has 7 nitrogen and oxygen atoms in total. The smallest absolute Gasteiger partial charge is 0.251 e. The number of thioether (sulfide) groups is 1. The van der Waals surface area contributed by atoms with Crippen LogP contribution in [0.2, 0.25) is 5.02 Å². The van der Waals surface area contributed by atoms with E-state index in [1.54, 1.807) is 44.7 Å². The van der Waals surface area contributed by atoms with Gasteiger partial charge >= 0.3 is 0 Å². The zero-order valence-corrected chi connectivity index (χ0v) is 28.8. The molecule has 3 unspecified atom stereocenters. The fourth-order valence-electron chi connectivity index (χ4n) is 8.17. The molecule has 3 heterocycles. The van der Waals surface area contributed by atoms with Gasteiger partial charge in [0.2, 0.25) is 11.8 Å². The fraction of sp³-hybridized carbons (Fsp3) is 0.486. The van der Waals surface area contributed by atoms with Crippen molar-refractivity contribution in [2.45, 2.75) is 69.2 Å². The number of aryl methyl sites for hydroxylation is 1. The van der Waals surface area contributed by atoms with E-state index in [1.165, 1.54) is 0 Å². The zero-order valence-electron chi connectivity index (χ0n) is 27.3. The lowest BCUT2D eigenvalue weighted by molar-refractivity contribution is -0.146. The van der Waals surface area contributed by atoms with Gasteiger partial charge in [0, 0.05) is 24.9 Å². The Morgan fingerprint density at radius 2 is 1.80 bits per heavy atom. The van der Waals surface area contributed by atoms with Gasteiger partial charge in [0.15, 0.2) is 0 Å². The minimum atomic E-state index is -0.888. The molecule has 0 aromatic heterocycles. The normalized spacial score (nSPS) is 27.1. The van der Waals surface area contributed by atoms with Crippen LogP contribution in [0.15, 0.2) is 73.8 Å². The molecular formula is C37H46ClN3O4S. The van der Waals surface area contributed by atoms with Crippen LogP contribution in [-0.2, 0) is 20.9 Å². The van der Waals surface area contributed by atoms with Gasteiger partial charge in [-0.2, -0.15) is 0 Å². The average Bonchev–Trinajstić information content (AvgIpc) is 3.62. The van der Waals surface area contributed by atoms with Crippen LogP contribution in [0.3, 0.4) is 0 Å². The lowest BCUT2D eigenvalue weighted by Gasteiger charge is -2.42. The van der Waals surface area contributed by atoms with Crippen molar-refractivity contribution in [3.8, 4) is 0 Å². The Kier molecular flexibility index (Phi) is 10.4. The molecule has 9 heteroatoms. The predicted octanol–water partition coefficient (Wildman–Crippen LogP) is 6.13. The van der Waals surface area contributed by atoms with E-state index < -0.39 is 28.7 Å². The van der Waals surface area contributed by atoms with Crippen molar-refractivity contribution in [1.29, 1.82) is 0 Å². The van der Waals surface area contributed by atoms with Crippen LogP contribution in [0, 0.1) is 30.6 Å². The molecule has 3 aliphatic rings. The summed E-state index contributed by atoms with van der Waals surface area (Å²) in [6, 6.07) is 13.9. The molecule has 3 aliphatic heterocycles. The van der Waals surface area contributed by atoms with E-state index in [9.17, 15) is 14.7 Å². The topological polar surface area (TPSA) is 81.2 Å². The number of para-hydroxylation sites is 1. The predicted molar refractivity (Wildman–Crippen MR) is 187 cm³/mol. The fourth-order valence-corrected chi connectivity index (χ4v) is 10.9. The second-order valence-corrected chi connectivity index (χ2v) is 15.4. The number of carbonyl (C=O) groups is 3. The molecule has 2 bridgehead atoms. The highest BCUT2D eigenvalue weighted by molar-refractivity contribution is 8.02. The quantitative estimate of drug-likeness (QED) is 0.261. The van der Waals surface area contributed by atoms with Gasteiger partial charge in [0.05, 0.1) is 39.9 Å². The number of likely N-dealkylation sites (tertiary alicyclic amines) is 1. The number of benzene rings is 2. The maximum absolute atomic E-state index is 15.1. The summed E-state index contributed by atoms with van der Waals surface area (Å²) in [7, 11) is 0. The Balaban J connectivity index is 1.63. The number of rotatable bonds is 13. The second kappa shape index (κ2) is 14.0. The van der Waals surface area contributed by atoms with Gasteiger partial charge < -0.3 is 19.8 Å². The number of anilines is 1. The summed E-state index contributed by atoms with van der Waals surface area (Å²) < 4.78 is -0.843. The number of halogens is 1. The Bertz CT molecular complexity index is 1460. The molecule has 0 aliphatic carbocycles. The third kappa shape index (κ3) is 5.82. The molecule has 246 valence electrons. The van der Waals surface area contributed by atoms with Crippen LogP contribution in [-0.4, -0.2) is 74.4 Å². The van der Waals surface area contributed by atoms with Crippen molar-refractivity contribution in [2.24, 2.45) is 23.7 Å². The van der Waals surface area contributed by atoms with E-state index in [2.05, 4.69) is 20.1 Å². The number of fused-ring (bicyclic) bond motifs is 1. The van der Waals surface area contributed by atoms with Crippen molar-refractivity contribution in [2.75, 3.05) is 24.6 Å². The Morgan fingerprint density at radius 1 is 1.11 bits per heavy atom. The third-order valence-electron chi connectivity index (χ3n) is 9.96. The number of aliphatic hydroxyl groups is 1. The van der Waals surface area contributed by atoms with Gasteiger partial charge in [-0.1, -0.05) is 87.0 Å². The molecular weight excluding hydrogens is 618 g/mol. The van der Waals surface area contributed by atoms with E-state index in [1.807, 2.05) is 63.2 Å². The van der Waals surface area contributed by atoms with Crippen LogP contribution >= 0.6 is 23.4 Å². The molecule has 5 rings (SSSR count). The standard InChI is InChI=1S/C37H46ClN3O4S/c1-7-17-39(21-26-14-10-9-11-15-26)34(43)30-29-20-25(6)37(46-29)31(30)35(44)41(27(22-42)19-23(3)4)33(37)36(45)40(18-8-2)32-24(5)13-12-16-28(32)38/h7-16,23,25,27,29-31,33,42H,1-2,17-22H2,3-6H3/t25?,27-,29+,30-,31+,33?,37?/m1/s1. The summed E-state index contributed by atoms with van der Waals surface area (Å²) in [4.78, 5) is 49.7. The van der Waals surface area contributed by atoms with Gasteiger partial charge in [-0.05, 0) is 48.8 Å². The van der Waals surface area contributed by atoms with Crippen molar-refractivity contribution < 1.29 is 19.5 Å². The first kappa shape index (κ1) is 34.3. The molecule has 46 heavy (non-hydrogen) atoms. The third-order valence-corrected chi connectivity index (χ3v) is 12.3. The largest absolute Gasteiger partial charge is 0.394 e. The summed E-state index contributed by atoms with van der Waals surface area (Å²) >= 11 is 8.38. The van der Waals surface area contributed by atoms with E-state index in [4.69, 9.17) is 11.6 Å². The van der Waals surface area contributed by atoms with Crippen LogP contribution < -0.4 is 4.90 Å².